The van der Waals surface area contributed by atoms with Crippen LogP contribution < -0.4 is 5.32 Å². The Balaban J connectivity index is 3.72. The minimum absolute atomic E-state index is 0.344. The van der Waals surface area contributed by atoms with Gasteiger partial charge in [0.1, 0.15) is 12.2 Å². The number of rotatable bonds is 49. The highest BCUT2D eigenvalue weighted by molar-refractivity contribution is 5.80. The van der Waals surface area contributed by atoms with Crippen LogP contribution in [0.5, 0.6) is 0 Å². The summed E-state index contributed by atoms with van der Waals surface area (Å²) in [6.07, 6.45) is 65.8. The van der Waals surface area contributed by atoms with Gasteiger partial charge in [-0.3, -0.25) is 4.79 Å². The van der Waals surface area contributed by atoms with Gasteiger partial charge in [0.25, 0.3) is 0 Å². The monoisotopic (exact) mass is 884 g/mol. The minimum atomic E-state index is -1.30. The Bertz CT molecular complexity index is 1080. The third kappa shape index (κ3) is 45.0. The molecule has 0 aromatic carbocycles. The summed E-state index contributed by atoms with van der Waals surface area (Å²) in [5.74, 6) is -0.609. The molecule has 0 aromatic rings. The SMILES string of the molecule is CCCCC/C=C\C/C=C\CCCCCCCCC(O)C(=O)NC(CO)C(O)C(O)CCC/C=C/CC/C=C/CC/C=C/CCCCCCCCCCCCCCCCCCCC. The van der Waals surface area contributed by atoms with Crippen molar-refractivity contribution < 1.29 is 25.2 Å². The molecule has 4 atom stereocenters. The number of hydrogen-bond donors (Lipinski definition) is 5. The Morgan fingerprint density at radius 2 is 0.714 bits per heavy atom. The lowest BCUT2D eigenvalue weighted by Gasteiger charge is -2.27. The van der Waals surface area contributed by atoms with Crippen LogP contribution in [-0.2, 0) is 4.79 Å². The van der Waals surface area contributed by atoms with Gasteiger partial charge in [-0.25, -0.2) is 0 Å². The first kappa shape index (κ1) is 61.0. The van der Waals surface area contributed by atoms with Crippen molar-refractivity contribution in [3.8, 4) is 0 Å². The van der Waals surface area contributed by atoms with Crippen molar-refractivity contribution in [2.24, 2.45) is 0 Å². The molecule has 0 heterocycles. The maximum Gasteiger partial charge on any atom is 0.249 e. The van der Waals surface area contributed by atoms with Gasteiger partial charge in [-0.05, 0) is 96.3 Å². The molecule has 368 valence electrons. The first-order valence-electron chi connectivity index (χ1n) is 27.2. The fourth-order valence-corrected chi connectivity index (χ4v) is 8.11. The van der Waals surface area contributed by atoms with Crippen LogP contribution in [0.15, 0.2) is 60.8 Å². The van der Waals surface area contributed by atoms with Crippen LogP contribution in [-0.4, -0.2) is 57.3 Å². The van der Waals surface area contributed by atoms with E-state index in [4.69, 9.17) is 0 Å². The zero-order valence-electron chi connectivity index (χ0n) is 41.6. The van der Waals surface area contributed by atoms with Crippen LogP contribution in [0.4, 0.5) is 0 Å². The predicted octanol–water partition coefficient (Wildman–Crippen LogP) is 15.6. The van der Waals surface area contributed by atoms with Gasteiger partial charge in [-0.1, -0.05) is 229 Å². The van der Waals surface area contributed by atoms with Gasteiger partial charge in [0.2, 0.25) is 5.91 Å². The maximum absolute atomic E-state index is 12.5. The molecule has 0 bridgehead atoms. The topological polar surface area (TPSA) is 110 Å². The number of carbonyl (C=O) groups excluding carboxylic acids is 1. The first-order chi connectivity index (χ1) is 31.0. The Morgan fingerprint density at radius 1 is 0.397 bits per heavy atom. The summed E-state index contributed by atoms with van der Waals surface area (Å²) in [5, 5.41) is 43.8. The van der Waals surface area contributed by atoms with Crippen LogP contribution in [0, 0.1) is 0 Å². The van der Waals surface area contributed by atoms with Crippen molar-refractivity contribution in [1.29, 1.82) is 0 Å². The molecule has 0 radical (unpaired) electrons. The van der Waals surface area contributed by atoms with E-state index in [1.165, 1.54) is 161 Å². The number of amides is 1. The molecule has 6 heteroatoms. The summed E-state index contributed by atoms with van der Waals surface area (Å²) in [7, 11) is 0. The summed E-state index contributed by atoms with van der Waals surface area (Å²) in [6.45, 7) is 4.02. The van der Waals surface area contributed by atoms with Crippen molar-refractivity contribution in [3.63, 3.8) is 0 Å². The van der Waals surface area contributed by atoms with E-state index in [0.29, 0.717) is 19.3 Å². The minimum Gasteiger partial charge on any atom is -0.394 e. The molecule has 5 N–H and O–H groups in total. The van der Waals surface area contributed by atoms with Crippen molar-refractivity contribution in [2.75, 3.05) is 6.61 Å². The lowest BCUT2D eigenvalue weighted by atomic mass is 10.00. The molecule has 63 heavy (non-hydrogen) atoms. The molecule has 0 fully saturated rings. The molecule has 0 aliphatic rings. The van der Waals surface area contributed by atoms with Crippen LogP contribution >= 0.6 is 0 Å². The van der Waals surface area contributed by atoms with Crippen LogP contribution in [0.2, 0.25) is 0 Å². The van der Waals surface area contributed by atoms with E-state index in [-0.39, 0.29) is 0 Å². The van der Waals surface area contributed by atoms with Crippen LogP contribution in [0.25, 0.3) is 0 Å². The second-order valence-electron chi connectivity index (χ2n) is 18.5. The van der Waals surface area contributed by atoms with Gasteiger partial charge >= 0.3 is 0 Å². The molecule has 0 rings (SSSR count). The highest BCUT2D eigenvalue weighted by Gasteiger charge is 2.28. The molecular weight excluding hydrogens is 779 g/mol. The number of aliphatic hydroxyl groups is 4. The number of hydrogen-bond acceptors (Lipinski definition) is 5. The van der Waals surface area contributed by atoms with Crippen LogP contribution in [0.3, 0.4) is 0 Å². The lowest BCUT2D eigenvalue weighted by molar-refractivity contribution is -0.132. The average molecular weight is 884 g/mol. The third-order valence-corrected chi connectivity index (χ3v) is 12.4. The highest BCUT2D eigenvalue weighted by atomic mass is 16.3. The van der Waals surface area contributed by atoms with Crippen molar-refractivity contribution in [3.05, 3.63) is 60.8 Å². The molecule has 4 unspecified atom stereocenters. The van der Waals surface area contributed by atoms with Gasteiger partial charge in [0, 0.05) is 0 Å². The second-order valence-corrected chi connectivity index (χ2v) is 18.5. The fraction of sp³-hybridized carbons (Fsp3) is 0.807. The number of nitrogens with one attached hydrogen (secondary N) is 1. The van der Waals surface area contributed by atoms with E-state index in [1.807, 2.05) is 0 Å². The number of aliphatic hydroxyl groups excluding tert-OH is 4. The summed E-state index contributed by atoms with van der Waals surface area (Å²) >= 11 is 0. The van der Waals surface area contributed by atoms with Gasteiger partial charge in [-0.2, -0.15) is 0 Å². The van der Waals surface area contributed by atoms with E-state index < -0.39 is 36.9 Å². The highest BCUT2D eigenvalue weighted by Crippen LogP contribution is 2.16. The van der Waals surface area contributed by atoms with Crippen molar-refractivity contribution in [2.45, 2.75) is 289 Å². The summed E-state index contributed by atoms with van der Waals surface area (Å²) in [4.78, 5) is 12.5. The largest absolute Gasteiger partial charge is 0.394 e. The number of allylic oxidation sites excluding steroid dienone is 10. The quantitative estimate of drug-likeness (QED) is 0.0309. The molecule has 0 saturated heterocycles. The molecule has 0 aliphatic carbocycles. The predicted molar refractivity (Wildman–Crippen MR) is 274 cm³/mol. The molecule has 1 amide bonds. The average Bonchev–Trinajstić information content (AvgIpc) is 3.29. The summed E-state index contributed by atoms with van der Waals surface area (Å²) in [5.41, 5.74) is 0. The van der Waals surface area contributed by atoms with Gasteiger partial charge < -0.3 is 25.7 Å². The Labute approximate surface area is 391 Å². The Kier molecular flexibility index (Phi) is 49.4. The van der Waals surface area contributed by atoms with E-state index in [0.717, 1.165) is 70.6 Å². The standard InChI is InChI=1S/C57H105NO5/c1-3-5-7-9-11-13-15-17-19-21-22-23-24-25-26-27-28-29-30-31-32-33-34-35-37-38-40-42-44-46-48-50-54(60)56(62)53(52-59)58-57(63)55(61)51-49-47-45-43-41-39-36-20-18-16-14-12-10-8-6-4-2/h12,14,18,20,31-32,35,37,42,44,53-56,59-62H,3-11,13,15-17,19,21-30,33-34,36,38-41,43,45-52H2,1-2H3,(H,58,63)/b14-12-,20-18-,32-31+,37-35+,44-42+. The maximum atomic E-state index is 12.5. The third-order valence-electron chi connectivity index (χ3n) is 12.4. The van der Waals surface area contributed by atoms with Gasteiger partial charge in [-0.15, -0.1) is 0 Å². The Hall–Kier alpha value is -1.99. The fourth-order valence-electron chi connectivity index (χ4n) is 8.11. The van der Waals surface area contributed by atoms with Gasteiger partial charge in [0.15, 0.2) is 0 Å². The van der Waals surface area contributed by atoms with Gasteiger partial charge in [0.05, 0.1) is 18.8 Å². The first-order valence-corrected chi connectivity index (χ1v) is 27.2. The molecule has 0 aromatic heterocycles. The molecule has 6 nitrogen and oxygen atoms in total. The van der Waals surface area contributed by atoms with E-state index in [1.54, 1.807) is 0 Å². The summed E-state index contributed by atoms with van der Waals surface area (Å²) in [6, 6.07) is -1.02. The second kappa shape index (κ2) is 51.0. The number of unbranched alkanes of at least 4 members (excludes halogenated alkanes) is 30. The number of carbonyl (C=O) groups is 1. The molecule has 0 aliphatic heterocycles. The van der Waals surface area contributed by atoms with Crippen molar-refractivity contribution >= 4 is 5.91 Å². The summed E-state index contributed by atoms with van der Waals surface area (Å²) < 4.78 is 0. The van der Waals surface area contributed by atoms with E-state index in [9.17, 15) is 25.2 Å². The molecule has 0 saturated carbocycles. The Morgan fingerprint density at radius 3 is 1.13 bits per heavy atom. The zero-order chi connectivity index (χ0) is 45.9. The molecule has 0 spiro atoms. The zero-order valence-corrected chi connectivity index (χ0v) is 41.6. The lowest BCUT2D eigenvalue weighted by Crippen LogP contribution is -2.53. The van der Waals surface area contributed by atoms with E-state index >= 15 is 0 Å². The van der Waals surface area contributed by atoms with Crippen LogP contribution in [0.1, 0.15) is 264 Å². The normalized spacial score (nSPS) is 14.3. The molecular formula is C57H105NO5. The smallest absolute Gasteiger partial charge is 0.249 e. The van der Waals surface area contributed by atoms with Crippen molar-refractivity contribution in [1.82, 2.24) is 5.32 Å². The van der Waals surface area contributed by atoms with E-state index in [2.05, 4.69) is 79.9 Å².